The van der Waals surface area contributed by atoms with Gasteiger partial charge in [-0.2, -0.15) is 0 Å². The number of aromatic hydroxyl groups is 1. The first kappa shape index (κ1) is 28.7. The summed E-state index contributed by atoms with van der Waals surface area (Å²) in [7, 11) is 0. The van der Waals surface area contributed by atoms with Gasteiger partial charge in [-0.15, -0.1) is 0 Å². The number of carbonyl (C=O) groups excluding carboxylic acids is 2. The van der Waals surface area contributed by atoms with Crippen molar-refractivity contribution >= 4 is 17.5 Å². The molecule has 0 aromatic heterocycles. The van der Waals surface area contributed by atoms with Crippen LogP contribution in [0.5, 0.6) is 17.2 Å². The number of carboxylic acid groups (broad SMARTS) is 1. The second-order valence-electron chi connectivity index (χ2n) is 13.7. The molecule has 6 aliphatic rings. The Bertz CT molecular complexity index is 1550. The summed E-state index contributed by atoms with van der Waals surface area (Å²) in [4.78, 5) is 40.4. The van der Waals surface area contributed by atoms with Crippen molar-refractivity contribution in [3.05, 3.63) is 51.6 Å². The normalized spacial score (nSPS) is 32.0. The molecule has 0 radical (unpaired) electrons. The van der Waals surface area contributed by atoms with Gasteiger partial charge < -0.3 is 29.5 Å². The molecule has 3 heterocycles. The Morgan fingerprint density at radius 3 is 2.45 bits per heavy atom. The summed E-state index contributed by atoms with van der Waals surface area (Å²) in [5.74, 6) is -2.54. The second kappa shape index (κ2) is 8.80. The number of carbonyl (C=O) groups is 3. The maximum absolute atomic E-state index is 14.6. The van der Waals surface area contributed by atoms with Gasteiger partial charge in [0, 0.05) is 47.0 Å². The molecule has 3 N–H and O–H groups in total. The Hall–Kier alpha value is -3.43. The number of phenolic OH excluding ortho intramolecular Hbond substituents is 1. The first-order valence-electron chi connectivity index (χ1n) is 14.5. The third-order valence-corrected chi connectivity index (χ3v) is 9.85. The molecule has 224 valence electrons. The minimum Gasteiger partial charge on any atom is -0.507 e. The number of aliphatic carboxylic acids is 1. The highest BCUT2D eigenvalue weighted by Gasteiger charge is 2.81. The molecule has 3 aliphatic heterocycles. The fourth-order valence-electron chi connectivity index (χ4n) is 7.72. The van der Waals surface area contributed by atoms with Gasteiger partial charge in [0.25, 0.3) is 0 Å². The van der Waals surface area contributed by atoms with Crippen LogP contribution in [0.15, 0.2) is 34.9 Å². The molecule has 1 aromatic rings. The summed E-state index contributed by atoms with van der Waals surface area (Å²) < 4.78 is 19.9. The summed E-state index contributed by atoms with van der Waals surface area (Å²) >= 11 is 0. The first-order chi connectivity index (χ1) is 19.5. The lowest BCUT2D eigenvalue weighted by atomic mass is 9.51. The lowest BCUT2D eigenvalue weighted by molar-refractivity contribution is -0.171. The van der Waals surface area contributed by atoms with Crippen LogP contribution in [0.1, 0.15) is 82.8 Å². The van der Waals surface area contributed by atoms with Crippen LogP contribution in [0.3, 0.4) is 0 Å². The van der Waals surface area contributed by atoms with Gasteiger partial charge in [0.15, 0.2) is 22.8 Å². The second-order valence-corrected chi connectivity index (χ2v) is 13.7. The molecular weight excluding hydrogens is 540 g/mol. The van der Waals surface area contributed by atoms with Gasteiger partial charge in [-0.3, -0.25) is 9.59 Å². The number of fused-ring (bicyclic) bond motifs is 2. The smallest absolute Gasteiger partial charge is 0.330 e. The molecule has 3 aliphatic carbocycles. The summed E-state index contributed by atoms with van der Waals surface area (Å²) in [5, 5.41) is 31.9. The number of hydrogen-bond donors (Lipinski definition) is 3. The number of hydrogen-bond acceptors (Lipinski definition) is 8. The van der Waals surface area contributed by atoms with Crippen LogP contribution in [0.25, 0.3) is 0 Å². The maximum Gasteiger partial charge on any atom is 0.330 e. The van der Waals surface area contributed by atoms with Crippen molar-refractivity contribution in [1.82, 2.24) is 0 Å². The molecule has 1 saturated carbocycles. The molecule has 0 amide bonds. The van der Waals surface area contributed by atoms with Crippen molar-refractivity contribution in [2.24, 2.45) is 11.8 Å². The van der Waals surface area contributed by atoms with Crippen LogP contribution < -0.4 is 9.47 Å². The maximum atomic E-state index is 14.6. The standard InChI is InChI=1S/C33H38O9/c1-15(2)8-9-18-26-19(14-22(40-26)30(4,5)39)24(34)23-25(35)20-12-17-13-21-31(6,7)42-32(28(17)36,11-10-16(3)29(37)38)33(20,21)41-27(18)23/h8,10,12,17,21-22,34,39H,9,11,13-14H2,1-7H3,(H,37,38)/t17-,21+,22+,32+,33-/m0/s1. The van der Waals surface area contributed by atoms with Gasteiger partial charge in [0.05, 0.1) is 11.2 Å². The zero-order valence-electron chi connectivity index (χ0n) is 25.1. The Balaban J connectivity index is 1.62. The van der Waals surface area contributed by atoms with Crippen molar-refractivity contribution in [2.45, 2.75) is 103 Å². The molecule has 4 bridgehead atoms. The third-order valence-electron chi connectivity index (χ3n) is 9.85. The van der Waals surface area contributed by atoms with E-state index in [9.17, 15) is 29.7 Å². The van der Waals surface area contributed by atoms with Gasteiger partial charge in [-0.25, -0.2) is 4.79 Å². The number of allylic oxidation sites excluding steroid dienone is 3. The number of benzene rings is 1. The fraction of sp³-hybridized carbons (Fsp3) is 0.545. The van der Waals surface area contributed by atoms with E-state index in [1.165, 1.54) is 13.0 Å². The van der Waals surface area contributed by atoms with Gasteiger partial charge in [-0.05, 0) is 61.3 Å². The van der Waals surface area contributed by atoms with Crippen LogP contribution >= 0.6 is 0 Å². The number of phenols is 1. The van der Waals surface area contributed by atoms with Crippen LogP contribution in [0.2, 0.25) is 0 Å². The Kier molecular flexibility index (Phi) is 6.01. The van der Waals surface area contributed by atoms with E-state index in [-0.39, 0.29) is 46.8 Å². The Morgan fingerprint density at radius 2 is 1.83 bits per heavy atom. The van der Waals surface area contributed by atoms with E-state index in [1.54, 1.807) is 19.9 Å². The zero-order chi connectivity index (χ0) is 30.7. The average molecular weight is 579 g/mol. The lowest BCUT2D eigenvalue weighted by Gasteiger charge is -2.56. The predicted molar refractivity (Wildman–Crippen MR) is 152 cm³/mol. The molecule has 2 fully saturated rings. The lowest BCUT2D eigenvalue weighted by Crippen LogP contribution is -2.72. The zero-order valence-corrected chi connectivity index (χ0v) is 25.1. The highest BCUT2D eigenvalue weighted by molar-refractivity contribution is 6.18. The van der Waals surface area contributed by atoms with Crippen molar-refractivity contribution in [2.75, 3.05) is 0 Å². The van der Waals surface area contributed by atoms with E-state index in [1.807, 2.05) is 33.8 Å². The molecule has 1 saturated heterocycles. The van der Waals surface area contributed by atoms with E-state index in [4.69, 9.17) is 14.2 Å². The number of Topliss-reactive ketones (excluding diaryl/α,β-unsaturated/α-hetero) is 2. The van der Waals surface area contributed by atoms with E-state index in [0.29, 0.717) is 29.7 Å². The molecule has 9 heteroatoms. The molecule has 5 atom stereocenters. The van der Waals surface area contributed by atoms with Crippen LogP contribution in [-0.4, -0.2) is 61.4 Å². The summed E-state index contributed by atoms with van der Waals surface area (Å²) in [5.41, 5.74) is -2.92. The predicted octanol–water partition coefficient (Wildman–Crippen LogP) is 4.40. The fourth-order valence-corrected chi connectivity index (χ4v) is 7.72. The van der Waals surface area contributed by atoms with E-state index in [2.05, 4.69) is 0 Å². The van der Waals surface area contributed by atoms with Gasteiger partial charge in [0.1, 0.15) is 28.9 Å². The molecule has 9 nitrogen and oxygen atoms in total. The van der Waals surface area contributed by atoms with Gasteiger partial charge in [0.2, 0.25) is 0 Å². The van der Waals surface area contributed by atoms with Crippen LogP contribution in [0, 0.1) is 11.8 Å². The monoisotopic (exact) mass is 578 g/mol. The van der Waals surface area contributed by atoms with Crippen LogP contribution in [0.4, 0.5) is 0 Å². The minimum atomic E-state index is -1.64. The highest BCUT2D eigenvalue weighted by atomic mass is 16.6. The Labute approximate surface area is 244 Å². The molecular formula is C33H38O9. The molecule has 7 rings (SSSR count). The molecule has 1 aromatic carbocycles. The SMILES string of the molecule is CC(C)=CCc1c2c(c(O)c3c1O[C@@]14C(=C[C@H]5C[C@@H]1C(C)(C)O[C@]4(CC=C(C)C(=O)O)C5=O)C3=O)C[C@H](C(C)(C)O)O2. The third kappa shape index (κ3) is 3.59. The summed E-state index contributed by atoms with van der Waals surface area (Å²) in [6.45, 7) is 12.4. The number of carboxylic acids is 1. The van der Waals surface area contributed by atoms with E-state index < -0.39 is 52.1 Å². The number of aliphatic hydroxyl groups is 1. The average Bonchev–Trinajstić information content (AvgIpc) is 3.40. The molecule has 1 spiro atoms. The summed E-state index contributed by atoms with van der Waals surface area (Å²) in [6.07, 6.45) is 5.31. The van der Waals surface area contributed by atoms with E-state index >= 15 is 0 Å². The molecule has 0 unspecified atom stereocenters. The van der Waals surface area contributed by atoms with Crippen LogP contribution in [-0.2, 0) is 27.2 Å². The quantitative estimate of drug-likeness (QED) is 0.331. The highest BCUT2D eigenvalue weighted by Crippen LogP contribution is 2.68. The van der Waals surface area contributed by atoms with Crippen molar-refractivity contribution in [1.29, 1.82) is 0 Å². The largest absolute Gasteiger partial charge is 0.507 e. The number of rotatable bonds is 6. The number of ketones is 2. The first-order valence-corrected chi connectivity index (χ1v) is 14.5. The minimum absolute atomic E-state index is 0.0207. The Morgan fingerprint density at radius 1 is 1.14 bits per heavy atom. The van der Waals surface area contributed by atoms with Crippen molar-refractivity contribution in [3.8, 4) is 17.2 Å². The van der Waals surface area contributed by atoms with Crippen molar-refractivity contribution < 1.29 is 43.9 Å². The van der Waals surface area contributed by atoms with Crippen molar-refractivity contribution in [3.63, 3.8) is 0 Å². The summed E-state index contributed by atoms with van der Waals surface area (Å²) in [6, 6.07) is 0. The number of ether oxygens (including phenoxy) is 3. The topological polar surface area (TPSA) is 140 Å². The van der Waals surface area contributed by atoms with Gasteiger partial charge in [-0.1, -0.05) is 23.8 Å². The van der Waals surface area contributed by atoms with Gasteiger partial charge >= 0.3 is 5.97 Å². The molecule has 42 heavy (non-hydrogen) atoms. The van der Waals surface area contributed by atoms with E-state index in [0.717, 1.165) is 5.57 Å².